The molecule has 0 aromatic rings. The maximum Gasteiger partial charge on any atom is 0.534 e. The molecule has 0 unspecified atom stereocenters. The second kappa shape index (κ2) is 4.01. The van der Waals surface area contributed by atoms with Gasteiger partial charge in [-0.25, -0.2) is 0 Å². The molecule has 4 nitrogen and oxygen atoms in total. The number of rotatable bonds is 2. The first-order valence-electron chi connectivity index (χ1n) is 4.14. The molecule has 1 aliphatic rings. The van der Waals surface area contributed by atoms with Gasteiger partial charge in [0.15, 0.2) is 0 Å². The van der Waals surface area contributed by atoms with E-state index in [9.17, 15) is 21.6 Å². The summed E-state index contributed by atoms with van der Waals surface area (Å²) in [6.45, 7) is 2.26. The number of hydrogen-bond donors (Lipinski definition) is 1. The summed E-state index contributed by atoms with van der Waals surface area (Å²) in [5.74, 6) is -0.119. The maximum atomic E-state index is 12.0. The molecule has 0 saturated carbocycles. The lowest BCUT2D eigenvalue weighted by Gasteiger charge is -2.19. The summed E-state index contributed by atoms with van der Waals surface area (Å²) in [6.07, 6.45) is 0.140. The van der Waals surface area contributed by atoms with Gasteiger partial charge in [-0.15, -0.1) is 0 Å². The molecule has 1 aliphatic heterocycles. The van der Waals surface area contributed by atoms with Gasteiger partial charge >= 0.3 is 15.6 Å². The van der Waals surface area contributed by atoms with Crippen LogP contribution in [-0.4, -0.2) is 27.0 Å². The third kappa shape index (κ3) is 2.85. The van der Waals surface area contributed by atoms with Crippen molar-refractivity contribution in [2.45, 2.75) is 18.9 Å². The lowest BCUT2D eigenvalue weighted by molar-refractivity contribution is -0.0524. The Labute approximate surface area is 85.2 Å². The average molecular weight is 245 g/mol. The molecule has 1 rings (SSSR count). The molecule has 0 bridgehead atoms. The fourth-order valence-corrected chi connectivity index (χ4v) is 1.67. The zero-order valence-electron chi connectivity index (χ0n) is 7.89. The van der Waals surface area contributed by atoms with Gasteiger partial charge in [0.1, 0.15) is 5.76 Å². The SMILES string of the molecule is CC1=C(OS(=O)(=O)C(F)(F)F)CCNC1. The van der Waals surface area contributed by atoms with Crippen LogP contribution in [0.15, 0.2) is 11.3 Å². The van der Waals surface area contributed by atoms with Crippen molar-refractivity contribution >= 4 is 10.1 Å². The van der Waals surface area contributed by atoms with E-state index in [1.54, 1.807) is 0 Å². The first kappa shape index (κ1) is 12.3. The molecule has 0 spiro atoms. The number of halogens is 3. The molecule has 15 heavy (non-hydrogen) atoms. The zero-order chi connectivity index (χ0) is 11.7. The van der Waals surface area contributed by atoms with Gasteiger partial charge in [0.2, 0.25) is 0 Å². The van der Waals surface area contributed by atoms with E-state index in [1.807, 2.05) is 0 Å². The van der Waals surface area contributed by atoms with Crippen LogP contribution in [0.3, 0.4) is 0 Å². The van der Waals surface area contributed by atoms with Crippen molar-refractivity contribution in [3.05, 3.63) is 11.3 Å². The van der Waals surface area contributed by atoms with Crippen molar-refractivity contribution in [1.29, 1.82) is 0 Å². The van der Waals surface area contributed by atoms with Crippen LogP contribution in [0.4, 0.5) is 13.2 Å². The second-order valence-electron chi connectivity index (χ2n) is 3.11. The molecule has 0 aromatic carbocycles. The molecule has 1 N–H and O–H groups in total. The Morgan fingerprint density at radius 1 is 1.40 bits per heavy atom. The van der Waals surface area contributed by atoms with Crippen molar-refractivity contribution in [2.75, 3.05) is 13.1 Å². The van der Waals surface area contributed by atoms with Gasteiger partial charge in [0.25, 0.3) is 0 Å². The molecular formula is C7H10F3NO3S. The van der Waals surface area contributed by atoms with Crippen LogP contribution in [0, 0.1) is 0 Å². The Hall–Kier alpha value is -0.760. The molecule has 0 saturated heterocycles. The van der Waals surface area contributed by atoms with Crippen LogP contribution in [0.25, 0.3) is 0 Å². The van der Waals surface area contributed by atoms with E-state index in [0.29, 0.717) is 18.7 Å². The minimum Gasteiger partial charge on any atom is -0.381 e. The van der Waals surface area contributed by atoms with Crippen LogP contribution < -0.4 is 5.32 Å². The molecule has 1 heterocycles. The minimum absolute atomic E-state index is 0.119. The quantitative estimate of drug-likeness (QED) is 0.585. The first-order valence-corrected chi connectivity index (χ1v) is 5.55. The van der Waals surface area contributed by atoms with Gasteiger partial charge < -0.3 is 9.50 Å². The summed E-state index contributed by atoms with van der Waals surface area (Å²) in [4.78, 5) is 0. The lowest BCUT2D eigenvalue weighted by Crippen LogP contribution is -2.30. The third-order valence-corrected chi connectivity index (χ3v) is 2.88. The van der Waals surface area contributed by atoms with Crippen LogP contribution >= 0.6 is 0 Å². The van der Waals surface area contributed by atoms with E-state index in [2.05, 4.69) is 9.50 Å². The zero-order valence-corrected chi connectivity index (χ0v) is 8.70. The summed E-state index contributed by atoms with van der Waals surface area (Å²) in [5.41, 5.74) is -4.90. The Morgan fingerprint density at radius 3 is 2.47 bits per heavy atom. The van der Waals surface area contributed by atoms with E-state index >= 15 is 0 Å². The molecular weight excluding hydrogens is 235 g/mol. The Morgan fingerprint density at radius 2 is 2.00 bits per heavy atom. The lowest BCUT2D eigenvalue weighted by atomic mass is 10.1. The second-order valence-corrected chi connectivity index (χ2v) is 4.65. The summed E-state index contributed by atoms with van der Waals surface area (Å²) in [6, 6.07) is 0. The van der Waals surface area contributed by atoms with Gasteiger partial charge in [-0.2, -0.15) is 21.6 Å². The molecule has 88 valence electrons. The number of nitrogens with one attached hydrogen (secondary N) is 1. The summed E-state index contributed by atoms with van der Waals surface area (Å²) < 4.78 is 61.3. The highest BCUT2D eigenvalue weighted by molar-refractivity contribution is 7.87. The number of hydrogen-bond acceptors (Lipinski definition) is 4. The fraction of sp³-hybridized carbons (Fsp3) is 0.714. The van der Waals surface area contributed by atoms with Crippen LogP contribution in [-0.2, 0) is 14.3 Å². The smallest absolute Gasteiger partial charge is 0.381 e. The van der Waals surface area contributed by atoms with E-state index in [1.165, 1.54) is 6.92 Å². The first-order chi connectivity index (χ1) is 6.74. The van der Waals surface area contributed by atoms with Gasteiger partial charge in [-0.05, 0) is 12.5 Å². The molecule has 0 aromatic heterocycles. The molecule has 0 amide bonds. The molecule has 0 fully saturated rings. The highest BCUT2D eigenvalue weighted by Crippen LogP contribution is 2.28. The van der Waals surface area contributed by atoms with E-state index in [0.717, 1.165) is 0 Å². The predicted octanol–water partition coefficient (Wildman–Crippen LogP) is 1.12. The van der Waals surface area contributed by atoms with Crippen molar-refractivity contribution in [3.63, 3.8) is 0 Å². The standard InChI is InChI=1S/C7H10F3NO3S/c1-5-4-11-3-2-6(5)14-15(12,13)7(8,9)10/h11H,2-4H2,1H3. The molecule has 8 heteroatoms. The summed E-state index contributed by atoms with van der Waals surface area (Å²) in [5, 5.41) is 2.88. The topological polar surface area (TPSA) is 55.4 Å². The normalized spacial score (nSPS) is 19.2. The molecule has 0 radical (unpaired) electrons. The van der Waals surface area contributed by atoms with Gasteiger partial charge in [0.05, 0.1) is 0 Å². The predicted molar refractivity (Wildman–Crippen MR) is 46.2 cm³/mol. The van der Waals surface area contributed by atoms with Gasteiger partial charge in [0, 0.05) is 19.5 Å². The Balaban J connectivity index is 2.87. The Bertz CT molecular complexity index is 371. The highest BCUT2D eigenvalue weighted by atomic mass is 32.2. The van der Waals surface area contributed by atoms with Crippen molar-refractivity contribution in [1.82, 2.24) is 5.32 Å². The maximum absolute atomic E-state index is 12.0. The van der Waals surface area contributed by atoms with E-state index in [4.69, 9.17) is 0 Å². The summed E-state index contributed by atoms with van der Waals surface area (Å²) >= 11 is 0. The van der Waals surface area contributed by atoms with Crippen molar-refractivity contribution in [3.8, 4) is 0 Å². The van der Waals surface area contributed by atoms with E-state index < -0.39 is 15.6 Å². The average Bonchev–Trinajstić information content (AvgIpc) is 2.06. The fourth-order valence-electron chi connectivity index (χ4n) is 1.08. The van der Waals surface area contributed by atoms with Crippen LogP contribution in [0.2, 0.25) is 0 Å². The molecule has 0 aliphatic carbocycles. The highest BCUT2D eigenvalue weighted by Gasteiger charge is 2.49. The van der Waals surface area contributed by atoms with Gasteiger partial charge in [-0.3, -0.25) is 0 Å². The molecule has 0 atom stereocenters. The largest absolute Gasteiger partial charge is 0.534 e. The third-order valence-electron chi connectivity index (χ3n) is 1.89. The van der Waals surface area contributed by atoms with Gasteiger partial charge in [-0.1, -0.05) is 0 Å². The van der Waals surface area contributed by atoms with E-state index in [-0.39, 0.29) is 12.2 Å². The number of alkyl halides is 3. The van der Waals surface area contributed by atoms with Crippen LogP contribution in [0.1, 0.15) is 13.3 Å². The monoisotopic (exact) mass is 245 g/mol. The Kier molecular flexibility index (Phi) is 3.29. The van der Waals surface area contributed by atoms with Crippen molar-refractivity contribution in [2.24, 2.45) is 0 Å². The van der Waals surface area contributed by atoms with Crippen LogP contribution in [0.5, 0.6) is 0 Å². The minimum atomic E-state index is -5.52. The summed E-state index contributed by atoms with van der Waals surface area (Å²) in [7, 11) is -5.52. The van der Waals surface area contributed by atoms with Crippen molar-refractivity contribution < 1.29 is 25.8 Å².